The summed E-state index contributed by atoms with van der Waals surface area (Å²) in [5.74, 6) is -1.42. The Balaban J connectivity index is 1.82. The fourth-order valence-electron chi connectivity index (χ4n) is 2.83. The fourth-order valence-corrected chi connectivity index (χ4v) is 3.30. The Bertz CT molecular complexity index is 1200. The van der Waals surface area contributed by atoms with Crippen LogP contribution in [0.5, 0.6) is 0 Å². The summed E-state index contributed by atoms with van der Waals surface area (Å²) in [4.78, 5) is 37.3. The number of amides is 2. The van der Waals surface area contributed by atoms with Gasteiger partial charge in [-0.25, -0.2) is 4.79 Å². The molecule has 0 saturated carbocycles. The van der Waals surface area contributed by atoms with E-state index in [0.29, 0.717) is 21.3 Å². The van der Waals surface area contributed by atoms with Gasteiger partial charge in [-0.1, -0.05) is 54.6 Å². The van der Waals surface area contributed by atoms with Gasteiger partial charge in [0.05, 0.1) is 18.2 Å². The molecule has 2 N–H and O–H groups in total. The van der Waals surface area contributed by atoms with E-state index in [2.05, 4.69) is 31.3 Å². The maximum atomic E-state index is 13.0. The number of rotatable bonds is 7. The average Bonchev–Trinajstić information content (AvgIpc) is 2.84. The standard InChI is InChI=1S/C26H21BrN2O4/c1-33-26(32)19-14-16-20(17-15-19)28-25(31)23(13-7-10-18-8-3-2-4-9-18)29-24(30)21-11-5-6-12-22(21)27/h2-17H,1H3,(H,28,31)(H,29,30). The van der Waals surface area contributed by atoms with E-state index in [1.54, 1.807) is 54.6 Å². The number of carbonyl (C=O) groups excluding carboxylic acids is 3. The Morgan fingerprint density at radius 1 is 0.879 bits per heavy atom. The summed E-state index contributed by atoms with van der Waals surface area (Å²) in [6, 6.07) is 22.7. The molecule has 0 unspecified atom stereocenters. The largest absolute Gasteiger partial charge is 0.465 e. The number of methoxy groups -OCH3 is 1. The van der Waals surface area contributed by atoms with Gasteiger partial charge in [0, 0.05) is 10.2 Å². The van der Waals surface area contributed by atoms with Crippen molar-refractivity contribution in [2.24, 2.45) is 0 Å². The molecule has 6 nitrogen and oxygen atoms in total. The minimum atomic E-state index is -0.515. The van der Waals surface area contributed by atoms with Gasteiger partial charge in [0.2, 0.25) is 0 Å². The van der Waals surface area contributed by atoms with Gasteiger partial charge in [0.25, 0.3) is 11.8 Å². The van der Waals surface area contributed by atoms with Crippen LogP contribution in [0.4, 0.5) is 5.69 Å². The second-order valence-corrected chi connectivity index (χ2v) is 7.66. The molecule has 0 aliphatic carbocycles. The van der Waals surface area contributed by atoms with Gasteiger partial charge < -0.3 is 15.4 Å². The van der Waals surface area contributed by atoms with Crippen molar-refractivity contribution in [1.29, 1.82) is 0 Å². The summed E-state index contributed by atoms with van der Waals surface area (Å²) in [6.07, 6.45) is 5.04. The number of ether oxygens (including phenoxy) is 1. The maximum Gasteiger partial charge on any atom is 0.337 e. The Kier molecular flexibility index (Phi) is 8.32. The summed E-state index contributed by atoms with van der Waals surface area (Å²) < 4.78 is 5.29. The number of carbonyl (C=O) groups is 3. The zero-order valence-electron chi connectivity index (χ0n) is 17.7. The minimum Gasteiger partial charge on any atom is -0.465 e. The molecule has 0 heterocycles. The van der Waals surface area contributed by atoms with E-state index in [-0.39, 0.29) is 5.70 Å². The quantitative estimate of drug-likeness (QED) is 0.263. The first-order valence-corrected chi connectivity index (χ1v) is 10.8. The maximum absolute atomic E-state index is 13.0. The molecule has 0 radical (unpaired) electrons. The Morgan fingerprint density at radius 2 is 1.55 bits per heavy atom. The van der Waals surface area contributed by atoms with Crippen LogP contribution in [0.2, 0.25) is 0 Å². The smallest absolute Gasteiger partial charge is 0.337 e. The highest BCUT2D eigenvalue weighted by molar-refractivity contribution is 9.10. The van der Waals surface area contributed by atoms with Gasteiger partial charge in [-0.2, -0.15) is 0 Å². The molecule has 2 amide bonds. The van der Waals surface area contributed by atoms with E-state index in [4.69, 9.17) is 0 Å². The third-order valence-corrected chi connectivity index (χ3v) is 5.22. The van der Waals surface area contributed by atoms with Crippen LogP contribution in [0.25, 0.3) is 6.08 Å². The summed E-state index contributed by atoms with van der Waals surface area (Å²) in [6.45, 7) is 0. The van der Waals surface area contributed by atoms with Crippen LogP contribution in [0.15, 0.2) is 101 Å². The van der Waals surface area contributed by atoms with Crippen LogP contribution < -0.4 is 10.6 Å². The van der Waals surface area contributed by atoms with Crippen molar-refractivity contribution in [3.05, 3.63) is 118 Å². The lowest BCUT2D eigenvalue weighted by Gasteiger charge is -2.11. The molecule has 0 fully saturated rings. The molecule has 0 aliphatic rings. The highest BCUT2D eigenvalue weighted by atomic mass is 79.9. The number of nitrogens with one attached hydrogen (secondary N) is 2. The van der Waals surface area contributed by atoms with E-state index >= 15 is 0 Å². The average molecular weight is 505 g/mol. The van der Waals surface area contributed by atoms with Crippen molar-refractivity contribution in [3.8, 4) is 0 Å². The van der Waals surface area contributed by atoms with Crippen molar-refractivity contribution in [3.63, 3.8) is 0 Å². The molecular formula is C26H21BrN2O4. The number of benzene rings is 3. The zero-order chi connectivity index (χ0) is 23.6. The van der Waals surface area contributed by atoms with Crippen LogP contribution in [0.1, 0.15) is 26.3 Å². The predicted octanol–water partition coefficient (Wildman–Crippen LogP) is 5.20. The first-order valence-electron chi connectivity index (χ1n) is 9.97. The van der Waals surface area contributed by atoms with Gasteiger partial charge in [-0.3, -0.25) is 9.59 Å². The summed E-state index contributed by atoms with van der Waals surface area (Å²) in [5, 5.41) is 5.40. The van der Waals surface area contributed by atoms with Gasteiger partial charge in [-0.05, 0) is 64.0 Å². The van der Waals surface area contributed by atoms with Gasteiger partial charge >= 0.3 is 5.97 Å². The molecule has 166 valence electrons. The topological polar surface area (TPSA) is 84.5 Å². The Morgan fingerprint density at radius 3 is 2.21 bits per heavy atom. The molecule has 0 bridgehead atoms. The van der Waals surface area contributed by atoms with Crippen LogP contribution in [0.3, 0.4) is 0 Å². The molecule has 3 aromatic carbocycles. The normalized spacial score (nSPS) is 11.2. The Labute approximate surface area is 200 Å². The Hall–Kier alpha value is -3.97. The number of hydrogen-bond acceptors (Lipinski definition) is 4. The minimum absolute atomic E-state index is 0.0555. The highest BCUT2D eigenvalue weighted by Crippen LogP contribution is 2.17. The first-order chi connectivity index (χ1) is 16.0. The SMILES string of the molecule is COC(=O)c1ccc(NC(=O)C(=CC=Cc2ccccc2)NC(=O)c2ccccc2Br)cc1. The predicted molar refractivity (Wildman–Crippen MR) is 132 cm³/mol. The number of hydrogen-bond donors (Lipinski definition) is 2. The second kappa shape index (κ2) is 11.6. The summed E-state index contributed by atoms with van der Waals surface area (Å²) >= 11 is 3.35. The first kappa shape index (κ1) is 23.7. The monoisotopic (exact) mass is 504 g/mol. The molecule has 0 aromatic heterocycles. The summed E-state index contributed by atoms with van der Waals surface area (Å²) in [7, 11) is 1.30. The lowest BCUT2D eigenvalue weighted by atomic mass is 10.2. The third kappa shape index (κ3) is 6.75. The molecule has 0 atom stereocenters. The van der Waals surface area contributed by atoms with E-state index in [1.807, 2.05) is 36.4 Å². The van der Waals surface area contributed by atoms with Crippen molar-refractivity contribution in [2.45, 2.75) is 0 Å². The van der Waals surface area contributed by atoms with Gasteiger partial charge in [-0.15, -0.1) is 0 Å². The summed E-state index contributed by atoms with van der Waals surface area (Å²) in [5.41, 5.74) is 2.22. The molecule has 0 saturated heterocycles. The van der Waals surface area contributed by atoms with Crippen molar-refractivity contribution < 1.29 is 19.1 Å². The van der Waals surface area contributed by atoms with E-state index < -0.39 is 17.8 Å². The number of halogens is 1. The van der Waals surface area contributed by atoms with Crippen molar-refractivity contribution in [1.82, 2.24) is 5.32 Å². The molecule has 0 aliphatic heterocycles. The van der Waals surface area contributed by atoms with E-state index in [0.717, 1.165) is 5.56 Å². The molecule has 3 aromatic rings. The van der Waals surface area contributed by atoms with Crippen LogP contribution in [-0.4, -0.2) is 24.9 Å². The van der Waals surface area contributed by atoms with Crippen molar-refractivity contribution >= 4 is 45.5 Å². The number of anilines is 1. The third-order valence-electron chi connectivity index (χ3n) is 4.53. The van der Waals surface area contributed by atoms with Gasteiger partial charge in [0.1, 0.15) is 5.70 Å². The molecule has 7 heteroatoms. The van der Waals surface area contributed by atoms with Crippen LogP contribution >= 0.6 is 15.9 Å². The highest BCUT2D eigenvalue weighted by Gasteiger charge is 2.16. The van der Waals surface area contributed by atoms with Crippen LogP contribution in [-0.2, 0) is 9.53 Å². The van der Waals surface area contributed by atoms with E-state index in [1.165, 1.54) is 13.2 Å². The lowest BCUT2D eigenvalue weighted by molar-refractivity contribution is -0.113. The molecule has 33 heavy (non-hydrogen) atoms. The van der Waals surface area contributed by atoms with Crippen LogP contribution in [0, 0.1) is 0 Å². The van der Waals surface area contributed by atoms with Crippen molar-refractivity contribution in [2.75, 3.05) is 12.4 Å². The fraction of sp³-hybridized carbons (Fsp3) is 0.0385. The molecule has 0 spiro atoms. The second-order valence-electron chi connectivity index (χ2n) is 6.81. The lowest BCUT2D eigenvalue weighted by Crippen LogP contribution is -2.31. The van der Waals surface area contributed by atoms with Gasteiger partial charge in [0.15, 0.2) is 0 Å². The zero-order valence-corrected chi connectivity index (χ0v) is 19.3. The number of allylic oxidation sites excluding steroid dienone is 2. The molecule has 3 rings (SSSR count). The molecular weight excluding hydrogens is 484 g/mol. The van der Waals surface area contributed by atoms with E-state index in [9.17, 15) is 14.4 Å². The number of esters is 1.